The highest BCUT2D eigenvalue weighted by Crippen LogP contribution is 2.23. The van der Waals surface area contributed by atoms with E-state index in [1.54, 1.807) is 6.20 Å². The number of hydrogen-bond donors (Lipinski definition) is 7. The normalized spacial score (nSPS) is 25.2. The van der Waals surface area contributed by atoms with Gasteiger partial charge in [-0.1, -0.05) is 32.0 Å². The molecule has 0 spiro atoms. The van der Waals surface area contributed by atoms with Gasteiger partial charge in [0.2, 0.25) is 29.5 Å². The molecule has 2 aliphatic rings. The highest BCUT2D eigenvalue weighted by molar-refractivity contribution is 5.99. The lowest BCUT2D eigenvalue weighted by molar-refractivity contribution is -0.142. The van der Waals surface area contributed by atoms with Crippen LogP contribution in [0.4, 0.5) is 8.78 Å². The second kappa shape index (κ2) is 17.6. The summed E-state index contributed by atoms with van der Waals surface area (Å²) in [7, 11) is 0. The minimum absolute atomic E-state index is 0.00117. The van der Waals surface area contributed by atoms with Gasteiger partial charge in [0, 0.05) is 54.7 Å². The standard InChI is InChI=1S/C38H47F2N7O7/c1-20(2)12-31-38(54)47-19-26(48)17-32(47)37(53)41-11-7-6-10-29(44-34(50)22-13-24(39)16-25(40)14-22)35(51)43-21(3)33(49)45-30(36(52)46-31)15-23-18-42-28-9-5-4-8-27(23)28/h4-5,8-9,13-14,16,18,20-21,26,29-32,42,48H,6-7,10-12,15,17,19H2,1-3H3,(H,41,53)(H,43,51)(H,44,50)(H,45,49)(H,46,52)/t21-,26-,29+,30+,31-,32+/m1/s1. The van der Waals surface area contributed by atoms with Crippen molar-refractivity contribution in [2.24, 2.45) is 5.92 Å². The number of benzene rings is 2. The third kappa shape index (κ3) is 9.98. The summed E-state index contributed by atoms with van der Waals surface area (Å²) in [6.07, 6.45) is 1.59. The van der Waals surface area contributed by atoms with Crippen LogP contribution < -0.4 is 26.6 Å². The molecule has 2 aliphatic heterocycles. The number of halogens is 2. The number of fused-ring (bicyclic) bond motifs is 2. The molecule has 16 heteroatoms. The highest BCUT2D eigenvalue weighted by Gasteiger charge is 2.42. The van der Waals surface area contributed by atoms with E-state index in [0.29, 0.717) is 18.1 Å². The van der Waals surface area contributed by atoms with Crippen molar-refractivity contribution in [3.63, 3.8) is 0 Å². The van der Waals surface area contributed by atoms with Gasteiger partial charge in [0.1, 0.15) is 41.8 Å². The van der Waals surface area contributed by atoms with Crippen LogP contribution in [0.5, 0.6) is 0 Å². The number of aromatic amines is 1. The quantitative estimate of drug-likeness (QED) is 0.198. The molecule has 0 unspecified atom stereocenters. The molecule has 6 amide bonds. The molecule has 14 nitrogen and oxygen atoms in total. The van der Waals surface area contributed by atoms with Crippen LogP contribution in [0.15, 0.2) is 48.7 Å². The number of rotatable bonds is 6. The van der Waals surface area contributed by atoms with Crippen molar-refractivity contribution in [3.8, 4) is 0 Å². The number of H-pyrrole nitrogens is 1. The van der Waals surface area contributed by atoms with Crippen LogP contribution >= 0.6 is 0 Å². The van der Waals surface area contributed by atoms with E-state index in [4.69, 9.17) is 0 Å². The summed E-state index contributed by atoms with van der Waals surface area (Å²) in [6, 6.07) is 3.84. The van der Waals surface area contributed by atoms with Crippen molar-refractivity contribution in [2.75, 3.05) is 13.1 Å². The lowest BCUT2D eigenvalue weighted by Gasteiger charge is -2.30. The fraction of sp³-hybridized carbons (Fsp3) is 0.474. The summed E-state index contributed by atoms with van der Waals surface area (Å²) < 4.78 is 27.8. The third-order valence-electron chi connectivity index (χ3n) is 9.64. The van der Waals surface area contributed by atoms with E-state index in [9.17, 15) is 42.7 Å². The summed E-state index contributed by atoms with van der Waals surface area (Å²) in [5.74, 6) is -6.17. The topological polar surface area (TPSA) is 202 Å². The Kier molecular flexibility index (Phi) is 13.0. The van der Waals surface area contributed by atoms with Gasteiger partial charge in [-0.05, 0) is 62.3 Å². The fourth-order valence-electron chi connectivity index (χ4n) is 6.88. The molecule has 3 aromatic rings. The van der Waals surface area contributed by atoms with Gasteiger partial charge in [-0.25, -0.2) is 8.78 Å². The van der Waals surface area contributed by atoms with Crippen molar-refractivity contribution < 1.29 is 42.7 Å². The molecule has 2 aromatic carbocycles. The SMILES string of the molecule is CC(C)C[C@H]1NC(=O)[C@H](Cc2c[nH]c3ccccc23)NC(=O)[C@@H](C)NC(=O)[C@@H](NC(=O)c2cc(F)cc(F)c2)CCCCNC(=O)[C@@H]2C[C@@H](O)CN2C1=O. The molecule has 0 saturated carbocycles. The second-order valence-electron chi connectivity index (χ2n) is 14.4. The number of hydrogen-bond acceptors (Lipinski definition) is 7. The Balaban J connectivity index is 1.45. The Hall–Kier alpha value is -5.38. The molecule has 0 radical (unpaired) electrons. The summed E-state index contributed by atoms with van der Waals surface area (Å²) in [4.78, 5) is 86.3. The van der Waals surface area contributed by atoms with Gasteiger partial charge in [0.05, 0.1) is 6.10 Å². The number of aromatic nitrogens is 1. The highest BCUT2D eigenvalue weighted by atomic mass is 19.1. The van der Waals surface area contributed by atoms with Crippen molar-refractivity contribution in [1.29, 1.82) is 0 Å². The minimum atomic E-state index is -1.25. The summed E-state index contributed by atoms with van der Waals surface area (Å²) in [5, 5.41) is 24.7. The van der Waals surface area contributed by atoms with E-state index in [1.165, 1.54) is 11.8 Å². The molecule has 1 aromatic heterocycles. The van der Waals surface area contributed by atoms with Gasteiger partial charge in [-0.3, -0.25) is 28.8 Å². The molecular formula is C38H47F2N7O7. The number of para-hydroxylation sites is 1. The van der Waals surface area contributed by atoms with Crippen molar-refractivity contribution in [1.82, 2.24) is 36.5 Å². The maximum atomic E-state index is 14.1. The summed E-state index contributed by atoms with van der Waals surface area (Å²) >= 11 is 0. The molecular weight excluding hydrogens is 704 g/mol. The largest absolute Gasteiger partial charge is 0.391 e. The molecule has 290 valence electrons. The average molecular weight is 752 g/mol. The van der Waals surface area contributed by atoms with E-state index in [2.05, 4.69) is 31.6 Å². The van der Waals surface area contributed by atoms with E-state index in [1.807, 2.05) is 38.1 Å². The number of carbonyl (C=O) groups excluding carboxylic acids is 6. The first-order valence-electron chi connectivity index (χ1n) is 18.2. The van der Waals surface area contributed by atoms with Gasteiger partial charge in [0.25, 0.3) is 5.91 Å². The van der Waals surface area contributed by atoms with E-state index < -0.39 is 83.4 Å². The Bertz CT molecular complexity index is 1860. The number of nitrogens with one attached hydrogen (secondary N) is 6. The smallest absolute Gasteiger partial charge is 0.252 e. The van der Waals surface area contributed by atoms with Gasteiger partial charge in [0.15, 0.2) is 0 Å². The molecule has 0 aliphatic carbocycles. The summed E-state index contributed by atoms with van der Waals surface area (Å²) in [6.45, 7) is 5.16. The molecule has 2 fully saturated rings. The minimum Gasteiger partial charge on any atom is -0.391 e. The average Bonchev–Trinajstić information content (AvgIpc) is 3.71. The van der Waals surface area contributed by atoms with Gasteiger partial charge < -0.3 is 41.6 Å². The Morgan fingerprint density at radius 3 is 2.35 bits per heavy atom. The lowest BCUT2D eigenvalue weighted by Crippen LogP contribution is -2.59. The third-order valence-corrected chi connectivity index (χ3v) is 9.64. The predicted octanol–water partition coefficient (Wildman–Crippen LogP) is 1.57. The molecule has 5 rings (SSSR count). The lowest BCUT2D eigenvalue weighted by atomic mass is 10.00. The first kappa shape index (κ1) is 39.8. The molecule has 54 heavy (non-hydrogen) atoms. The second-order valence-corrected chi connectivity index (χ2v) is 14.4. The fourth-order valence-corrected chi connectivity index (χ4v) is 6.88. The van der Waals surface area contributed by atoms with Gasteiger partial charge in [-0.15, -0.1) is 0 Å². The molecule has 3 heterocycles. The summed E-state index contributed by atoms with van der Waals surface area (Å²) in [5.41, 5.74) is 1.15. The zero-order valence-corrected chi connectivity index (χ0v) is 30.4. The first-order valence-corrected chi connectivity index (χ1v) is 18.2. The van der Waals surface area contributed by atoms with Crippen LogP contribution in [-0.2, 0) is 30.4 Å². The Morgan fingerprint density at radius 1 is 0.926 bits per heavy atom. The number of amides is 6. The van der Waals surface area contributed by atoms with E-state index in [-0.39, 0.29) is 56.7 Å². The zero-order chi connectivity index (χ0) is 39.1. The zero-order valence-electron chi connectivity index (χ0n) is 30.4. The van der Waals surface area contributed by atoms with Crippen LogP contribution in [0, 0.1) is 17.6 Å². The van der Waals surface area contributed by atoms with E-state index in [0.717, 1.165) is 23.0 Å². The van der Waals surface area contributed by atoms with Crippen LogP contribution in [0.2, 0.25) is 0 Å². The first-order chi connectivity index (χ1) is 25.7. The maximum absolute atomic E-state index is 14.1. The molecule has 0 bridgehead atoms. The van der Waals surface area contributed by atoms with E-state index >= 15 is 0 Å². The van der Waals surface area contributed by atoms with Crippen molar-refractivity contribution in [3.05, 3.63) is 71.4 Å². The predicted molar refractivity (Wildman–Crippen MR) is 194 cm³/mol. The molecule has 2 saturated heterocycles. The van der Waals surface area contributed by atoms with Crippen LogP contribution in [-0.4, -0.2) is 99.8 Å². The maximum Gasteiger partial charge on any atom is 0.252 e. The Morgan fingerprint density at radius 2 is 1.63 bits per heavy atom. The number of nitrogens with zero attached hydrogens (tertiary/aromatic N) is 1. The molecule has 7 N–H and O–H groups in total. The number of carbonyl (C=O) groups is 6. The van der Waals surface area contributed by atoms with Crippen molar-refractivity contribution in [2.45, 2.75) is 95.6 Å². The number of aliphatic hydroxyl groups excluding tert-OH is 1. The Labute approximate surface area is 311 Å². The monoisotopic (exact) mass is 751 g/mol. The number of aliphatic hydroxyl groups is 1. The molecule has 6 atom stereocenters. The van der Waals surface area contributed by atoms with Crippen LogP contribution in [0.3, 0.4) is 0 Å². The van der Waals surface area contributed by atoms with Crippen molar-refractivity contribution >= 4 is 46.3 Å². The van der Waals surface area contributed by atoms with Gasteiger partial charge in [-0.2, -0.15) is 0 Å². The van der Waals surface area contributed by atoms with Gasteiger partial charge >= 0.3 is 0 Å². The van der Waals surface area contributed by atoms with Crippen LogP contribution in [0.1, 0.15) is 68.8 Å². The van der Waals surface area contributed by atoms with Crippen LogP contribution in [0.25, 0.3) is 10.9 Å².